The van der Waals surface area contributed by atoms with Crippen LogP contribution in [0.1, 0.15) is 30.6 Å². The van der Waals surface area contributed by atoms with Gasteiger partial charge in [-0.15, -0.1) is 0 Å². The Morgan fingerprint density at radius 2 is 2.18 bits per heavy atom. The molecule has 0 aromatic heterocycles. The fourth-order valence-electron chi connectivity index (χ4n) is 1.13. The Bertz CT molecular complexity index is 413. The first kappa shape index (κ1) is 13.4. The van der Waals surface area contributed by atoms with Gasteiger partial charge in [0, 0.05) is 6.42 Å². The molecule has 0 bridgehead atoms. The van der Waals surface area contributed by atoms with Crippen LogP contribution in [-0.2, 0) is 4.74 Å². The van der Waals surface area contributed by atoms with Crippen molar-refractivity contribution in [3.05, 3.63) is 29.6 Å². The van der Waals surface area contributed by atoms with Crippen molar-refractivity contribution in [2.24, 2.45) is 0 Å². The van der Waals surface area contributed by atoms with E-state index in [4.69, 9.17) is 10.5 Å². The lowest BCUT2D eigenvalue weighted by atomic mass is 10.1. The highest BCUT2D eigenvalue weighted by molar-refractivity contribution is 5.89. The predicted molar refractivity (Wildman–Crippen MR) is 62.0 cm³/mol. The van der Waals surface area contributed by atoms with Gasteiger partial charge in [-0.1, -0.05) is 0 Å². The number of carbonyl (C=O) groups is 1. The Hall–Kier alpha value is -1.62. The Morgan fingerprint density at radius 1 is 1.53 bits per heavy atom. The number of hydrogen-bond donors (Lipinski definition) is 2. The van der Waals surface area contributed by atoms with Crippen LogP contribution in [0.5, 0.6) is 0 Å². The second-order valence-corrected chi connectivity index (χ2v) is 4.43. The van der Waals surface area contributed by atoms with Gasteiger partial charge in [-0.05, 0) is 32.0 Å². The molecule has 1 aromatic carbocycles. The van der Waals surface area contributed by atoms with Crippen molar-refractivity contribution in [2.45, 2.75) is 25.9 Å². The maximum atomic E-state index is 13.1. The van der Waals surface area contributed by atoms with Crippen LogP contribution in [0.4, 0.5) is 10.1 Å². The largest absolute Gasteiger partial charge is 0.462 e. The summed E-state index contributed by atoms with van der Waals surface area (Å²) in [5.74, 6) is -1.28. The lowest BCUT2D eigenvalue weighted by Gasteiger charge is -2.16. The summed E-state index contributed by atoms with van der Waals surface area (Å²) in [7, 11) is 0. The maximum absolute atomic E-state index is 13.1. The summed E-state index contributed by atoms with van der Waals surface area (Å²) >= 11 is 0. The van der Waals surface area contributed by atoms with Gasteiger partial charge in [-0.25, -0.2) is 9.18 Å². The fourth-order valence-corrected chi connectivity index (χ4v) is 1.13. The molecule has 17 heavy (non-hydrogen) atoms. The Labute approximate surface area is 99.2 Å². The van der Waals surface area contributed by atoms with Crippen LogP contribution in [0.15, 0.2) is 18.2 Å². The smallest absolute Gasteiger partial charge is 0.338 e. The molecule has 0 radical (unpaired) electrons. The molecule has 1 aromatic rings. The van der Waals surface area contributed by atoms with Crippen LogP contribution >= 0.6 is 0 Å². The third kappa shape index (κ3) is 4.40. The number of nitrogens with two attached hydrogens (primary N) is 1. The average Bonchev–Trinajstić information content (AvgIpc) is 2.20. The monoisotopic (exact) mass is 241 g/mol. The van der Waals surface area contributed by atoms with E-state index in [1.807, 2.05) is 0 Å². The number of anilines is 1. The molecular formula is C12H16FNO3. The lowest BCUT2D eigenvalue weighted by molar-refractivity contribution is 0.0244. The molecule has 0 saturated carbocycles. The van der Waals surface area contributed by atoms with E-state index < -0.39 is 17.4 Å². The van der Waals surface area contributed by atoms with E-state index in [9.17, 15) is 14.3 Å². The first-order valence-corrected chi connectivity index (χ1v) is 5.24. The highest BCUT2D eigenvalue weighted by Crippen LogP contribution is 2.13. The molecule has 0 amide bonds. The van der Waals surface area contributed by atoms with Crippen LogP contribution in [0.3, 0.4) is 0 Å². The number of nitrogen functional groups attached to an aromatic ring is 1. The highest BCUT2D eigenvalue weighted by Gasteiger charge is 2.15. The number of aliphatic hydroxyl groups is 1. The van der Waals surface area contributed by atoms with Gasteiger partial charge in [0.25, 0.3) is 0 Å². The third-order valence-electron chi connectivity index (χ3n) is 2.18. The van der Waals surface area contributed by atoms with Gasteiger partial charge < -0.3 is 15.6 Å². The molecule has 0 aliphatic heterocycles. The van der Waals surface area contributed by atoms with Gasteiger partial charge in [0.2, 0.25) is 0 Å². The van der Waals surface area contributed by atoms with Crippen molar-refractivity contribution >= 4 is 11.7 Å². The van der Waals surface area contributed by atoms with E-state index in [2.05, 4.69) is 0 Å². The van der Waals surface area contributed by atoms with E-state index in [0.29, 0.717) is 6.42 Å². The molecule has 94 valence electrons. The molecule has 0 heterocycles. The van der Waals surface area contributed by atoms with E-state index in [-0.39, 0.29) is 17.9 Å². The van der Waals surface area contributed by atoms with Crippen molar-refractivity contribution in [3.63, 3.8) is 0 Å². The summed E-state index contributed by atoms with van der Waals surface area (Å²) in [5.41, 5.74) is 4.48. The Kier molecular flexibility index (Phi) is 4.07. The summed E-state index contributed by atoms with van der Waals surface area (Å²) in [4.78, 5) is 11.5. The average molecular weight is 241 g/mol. The minimum Gasteiger partial charge on any atom is -0.462 e. The van der Waals surface area contributed by atoms with E-state index >= 15 is 0 Å². The third-order valence-corrected chi connectivity index (χ3v) is 2.18. The summed E-state index contributed by atoms with van der Waals surface area (Å²) in [6, 6.07) is 3.73. The lowest BCUT2D eigenvalue weighted by Crippen LogP contribution is -2.22. The van der Waals surface area contributed by atoms with Crippen molar-refractivity contribution in [3.8, 4) is 0 Å². The molecule has 0 fully saturated rings. The standard InChI is InChI=1S/C12H16FNO3/c1-12(2,16)5-6-17-11(15)8-3-4-10(14)9(13)7-8/h3-4,7,16H,5-6,14H2,1-2H3. The zero-order valence-corrected chi connectivity index (χ0v) is 9.87. The van der Waals surface area contributed by atoms with Crippen LogP contribution in [0, 0.1) is 5.82 Å². The normalized spacial score (nSPS) is 11.3. The van der Waals surface area contributed by atoms with Crippen molar-refractivity contribution in [1.82, 2.24) is 0 Å². The Balaban J connectivity index is 2.56. The second kappa shape index (κ2) is 5.14. The first-order valence-electron chi connectivity index (χ1n) is 5.24. The molecule has 0 saturated heterocycles. The van der Waals surface area contributed by atoms with Crippen molar-refractivity contribution in [1.29, 1.82) is 0 Å². The second-order valence-electron chi connectivity index (χ2n) is 4.43. The maximum Gasteiger partial charge on any atom is 0.338 e. The number of esters is 1. The number of rotatable bonds is 4. The SMILES string of the molecule is CC(C)(O)CCOC(=O)c1ccc(N)c(F)c1. The van der Waals surface area contributed by atoms with Crippen molar-refractivity contribution in [2.75, 3.05) is 12.3 Å². The number of benzene rings is 1. The molecule has 0 unspecified atom stereocenters. The molecule has 5 heteroatoms. The summed E-state index contributed by atoms with van der Waals surface area (Å²) in [6.07, 6.45) is 0.316. The van der Waals surface area contributed by atoms with Crippen LogP contribution < -0.4 is 5.73 Å². The predicted octanol–water partition coefficient (Wildman–Crippen LogP) is 1.73. The number of carbonyl (C=O) groups excluding carboxylic acids is 1. The molecule has 1 rings (SSSR count). The molecule has 3 N–H and O–H groups in total. The van der Waals surface area contributed by atoms with Crippen LogP contribution in [0.2, 0.25) is 0 Å². The van der Waals surface area contributed by atoms with Gasteiger partial charge in [0.1, 0.15) is 5.82 Å². The quantitative estimate of drug-likeness (QED) is 0.622. The molecule has 0 atom stereocenters. The highest BCUT2D eigenvalue weighted by atomic mass is 19.1. The topological polar surface area (TPSA) is 72.5 Å². The molecule has 0 aliphatic rings. The van der Waals surface area contributed by atoms with Gasteiger partial charge in [0.05, 0.1) is 23.5 Å². The minimum atomic E-state index is -0.896. The molecule has 0 aliphatic carbocycles. The number of hydrogen-bond acceptors (Lipinski definition) is 4. The van der Waals surface area contributed by atoms with E-state index in [0.717, 1.165) is 6.07 Å². The summed E-state index contributed by atoms with van der Waals surface area (Å²) in [5, 5.41) is 9.41. The minimum absolute atomic E-state index is 0.0157. The first-order chi connectivity index (χ1) is 7.79. The van der Waals surface area contributed by atoms with E-state index in [1.165, 1.54) is 12.1 Å². The zero-order valence-electron chi connectivity index (χ0n) is 9.87. The molecule has 0 spiro atoms. The summed E-state index contributed by atoms with van der Waals surface area (Å²) < 4.78 is 18.0. The fraction of sp³-hybridized carbons (Fsp3) is 0.417. The number of ether oxygens (including phenoxy) is 1. The van der Waals surface area contributed by atoms with E-state index in [1.54, 1.807) is 13.8 Å². The van der Waals surface area contributed by atoms with Gasteiger partial charge in [-0.2, -0.15) is 0 Å². The van der Waals surface area contributed by atoms with Crippen LogP contribution in [-0.4, -0.2) is 23.3 Å². The van der Waals surface area contributed by atoms with Crippen LogP contribution in [0.25, 0.3) is 0 Å². The number of halogens is 1. The summed E-state index contributed by atoms with van der Waals surface area (Å²) in [6.45, 7) is 3.31. The Morgan fingerprint density at radius 3 is 2.71 bits per heavy atom. The van der Waals surface area contributed by atoms with Gasteiger partial charge >= 0.3 is 5.97 Å². The molecular weight excluding hydrogens is 225 g/mol. The van der Waals surface area contributed by atoms with Crippen molar-refractivity contribution < 1.29 is 19.0 Å². The zero-order chi connectivity index (χ0) is 13.1. The van der Waals surface area contributed by atoms with Gasteiger partial charge in [0.15, 0.2) is 0 Å². The van der Waals surface area contributed by atoms with Gasteiger partial charge in [-0.3, -0.25) is 0 Å². The molecule has 4 nitrogen and oxygen atoms in total.